The van der Waals surface area contributed by atoms with Crippen LogP contribution in [0.25, 0.3) is 0 Å². The average Bonchev–Trinajstić information content (AvgIpc) is 2.62. The van der Waals surface area contributed by atoms with Crippen LogP contribution in [0.1, 0.15) is 23.6 Å². The van der Waals surface area contributed by atoms with Crippen LogP contribution in [-0.2, 0) is 24.3 Å². The lowest BCUT2D eigenvalue weighted by Crippen LogP contribution is -2.38. The molecule has 0 atom stereocenters. The highest BCUT2D eigenvalue weighted by Crippen LogP contribution is 2.11. The Hall–Kier alpha value is -2.40. The molecule has 0 unspecified atom stereocenters. The van der Waals surface area contributed by atoms with Gasteiger partial charge in [0, 0.05) is 20.2 Å². The van der Waals surface area contributed by atoms with Gasteiger partial charge in [0.1, 0.15) is 5.82 Å². The fourth-order valence-electron chi connectivity index (χ4n) is 2.49. The molecule has 4 nitrogen and oxygen atoms in total. The van der Waals surface area contributed by atoms with E-state index in [1.165, 1.54) is 12.1 Å². The second-order valence-electron chi connectivity index (χ2n) is 5.70. The molecule has 2 aromatic rings. The molecule has 0 saturated heterocycles. The number of benzene rings is 2. The molecule has 0 heterocycles. The zero-order chi connectivity index (χ0) is 17.9. The summed E-state index contributed by atoms with van der Waals surface area (Å²) in [6, 6.07) is 14.7. The standard InChI is InChI=1S/C20H26FN3O/c1-3-22-20(23-13-12-16-8-10-19(21)11-9-16)24-14-17-6-4-5-7-18(17)15-25-2/h4-11H,3,12-15H2,1-2H3,(H2,22,23,24). The van der Waals surface area contributed by atoms with Crippen LogP contribution >= 0.6 is 0 Å². The molecule has 0 spiro atoms. The molecule has 2 rings (SSSR count). The van der Waals surface area contributed by atoms with Crippen LogP contribution in [0.4, 0.5) is 4.39 Å². The lowest BCUT2D eigenvalue weighted by atomic mass is 10.1. The Kier molecular flexibility index (Phi) is 7.92. The van der Waals surface area contributed by atoms with E-state index in [1.54, 1.807) is 7.11 Å². The van der Waals surface area contributed by atoms with Crippen LogP contribution in [0.15, 0.2) is 53.5 Å². The fraction of sp³-hybridized carbons (Fsp3) is 0.350. The maximum Gasteiger partial charge on any atom is 0.191 e. The first kappa shape index (κ1) is 18.9. The summed E-state index contributed by atoms with van der Waals surface area (Å²) in [5.74, 6) is 0.568. The summed E-state index contributed by atoms with van der Waals surface area (Å²) < 4.78 is 18.2. The van der Waals surface area contributed by atoms with Crippen LogP contribution in [-0.4, -0.2) is 26.2 Å². The molecule has 0 aliphatic carbocycles. The third-order valence-electron chi connectivity index (χ3n) is 3.79. The van der Waals surface area contributed by atoms with Crippen molar-refractivity contribution >= 4 is 5.96 Å². The van der Waals surface area contributed by atoms with Crippen molar-refractivity contribution in [2.45, 2.75) is 26.5 Å². The van der Waals surface area contributed by atoms with Crippen molar-refractivity contribution < 1.29 is 9.13 Å². The molecular formula is C20H26FN3O. The summed E-state index contributed by atoms with van der Waals surface area (Å²) >= 11 is 0. The van der Waals surface area contributed by atoms with E-state index in [0.717, 1.165) is 42.2 Å². The van der Waals surface area contributed by atoms with Crippen molar-refractivity contribution in [2.24, 2.45) is 4.99 Å². The van der Waals surface area contributed by atoms with E-state index in [2.05, 4.69) is 27.8 Å². The smallest absolute Gasteiger partial charge is 0.191 e. The zero-order valence-corrected chi connectivity index (χ0v) is 14.9. The van der Waals surface area contributed by atoms with E-state index in [4.69, 9.17) is 4.74 Å². The van der Waals surface area contributed by atoms with E-state index in [9.17, 15) is 4.39 Å². The normalized spacial score (nSPS) is 11.4. The Morgan fingerprint density at radius 2 is 1.76 bits per heavy atom. The number of ether oxygens (including phenoxy) is 1. The van der Waals surface area contributed by atoms with Crippen molar-refractivity contribution in [1.29, 1.82) is 0 Å². The SMILES string of the molecule is CCNC(=NCc1ccccc1COC)NCCc1ccc(F)cc1. The summed E-state index contributed by atoms with van der Waals surface area (Å²) in [6.45, 7) is 4.74. The number of hydrogen-bond donors (Lipinski definition) is 2. The average molecular weight is 343 g/mol. The van der Waals surface area contributed by atoms with Gasteiger partial charge < -0.3 is 15.4 Å². The van der Waals surface area contributed by atoms with Gasteiger partial charge in [-0.2, -0.15) is 0 Å². The molecule has 0 aliphatic heterocycles. The number of hydrogen-bond acceptors (Lipinski definition) is 2. The summed E-state index contributed by atoms with van der Waals surface area (Å²) in [5.41, 5.74) is 3.39. The predicted octanol–water partition coefficient (Wildman–Crippen LogP) is 3.27. The first-order chi connectivity index (χ1) is 12.2. The lowest BCUT2D eigenvalue weighted by Gasteiger charge is -2.12. The minimum atomic E-state index is -0.207. The summed E-state index contributed by atoms with van der Waals surface area (Å²) in [5, 5.41) is 6.57. The van der Waals surface area contributed by atoms with E-state index in [0.29, 0.717) is 13.2 Å². The van der Waals surface area contributed by atoms with Crippen LogP contribution < -0.4 is 10.6 Å². The number of guanidine groups is 1. The number of nitrogens with zero attached hydrogens (tertiary/aromatic N) is 1. The molecule has 2 aromatic carbocycles. The first-order valence-corrected chi connectivity index (χ1v) is 8.55. The second-order valence-corrected chi connectivity index (χ2v) is 5.70. The Labute approximate surface area is 149 Å². The van der Waals surface area contributed by atoms with E-state index < -0.39 is 0 Å². The van der Waals surface area contributed by atoms with Crippen molar-refractivity contribution in [3.63, 3.8) is 0 Å². The Morgan fingerprint density at radius 1 is 1.04 bits per heavy atom. The molecule has 2 N–H and O–H groups in total. The molecule has 25 heavy (non-hydrogen) atoms. The monoisotopic (exact) mass is 343 g/mol. The highest BCUT2D eigenvalue weighted by molar-refractivity contribution is 5.79. The van der Waals surface area contributed by atoms with Gasteiger partial charge in [0.05, 0.1) is 13.2 Å². The molecule has 134 valence electrons. The van der Waals surface area contributed by atoms with Gasteiger partial charge in [-0.05, 0) is 42.2 Å². The number of aliphatic imine (C=N–C) groups is 1. The fourth-order valence-corrected chi connectivity index (χ4v) is 2.49. The molecular weight excluding hydrogens is 317 g/mol. The van der Waals surface area contributed by atoms with Crippen LogP contribution in [0, 0.1) is 5.82 Å². The van der Waals surface area contributed by atoms with E-state index >= 15 is 0 Å². The Morgan fingerprint density at radius 3 is 2.44 bits per heavy atom. The van der Waals surface area contributed by atoms with Crippen molar-refractivity contribution in [1.82, 2.24) is 10.6 Å². The lowest BCUT2D eigenvalue weighted by molar-refractivity contribution is 0.184. The molecule has 0 saturated carbocycles. The van der Waals surface area contributed by atoms with Crippen LogP contribution in [0.3, 0.4) is 0 Å². The van der Waals surface area contributed by atoms with Crippen molar-refractivity contribution in [3.8, 4) is 0 Å². The molecule has 0 bridgehead atoms. The maximum atomic E-state index is 12.9. The Balaban J connectivity index is 1.92. The minimum absolute atomic E-state index is 0.207. The molecule has 0 aromatic heterocycles. The highest BCUT2D eigenvalue weighted by Gasteiger charge is 2.02. The molecule has 0 amide bonds. The van der Waals surface area contributed by atoms with E-state index in [-0.39, 0.29) is 5.82 Å². The maximum absolute atomic E-state index is 12.9. The predicted molar refractivity (Wildman–Crippen MR) is 100 cm³/mol. The molecule has 0 fully saturated rings. The molecule has 5 heteroatoms. The van der Waals surface area contributed by atoms with Crippen molar-refractivity contribution in [2.75, 3.05) is 20.2 Å². The topological polar surface area (TPSA) is 45.7 Å². The van der Waals surface area contributed by atoms with Crippen LogP contribution in [0.5, 0.6) is 0 Å². The summed E-state index contributed by atoms with van der Waals surface area (Å²) in [6.07, 6.45) is 0.810. The molecule has 0 radical (unpaired) electrons. The highest BCUT2D eigenvalue weighted by atomic mass is 19.1. The van der Waals surface area contributed by atoms with E-state index in [1.807, 2.05) is 31.2 Å². The summed E-state index contributed by atoms with van der Waals surface area (Å²) in [7, 11) is 1.70. The van der Waals surface area contributed by atoms with Crippen LogP contribution in [0.2, 0.25) is 0 Å². The Bertz CT molecular complexity index is 671. The summed E-state index contributed by atoms with van der Waals surface area (Å²) in [4.78, 5) is 4.65. The largest absolute Gasteiger partial charge is 0.380 e. The number of methoxy groups -OCH3 is 1. The molecule has 0 aliphatic rings. The number of halogens is 1. The quantitative estimate of drug-likeness (QED) is 0.571. The van der Waals surface area contributed by atoms with Gasteiger partial charge in [-0.1, -0.05) is 36.4 Å². The van der Waals surface area contributed by atoms with Gasteiger partial charge in [-0.15, -0.1) is 0 Å². The van der Waals surface area contributed by atoms with Gasteiger partial charge in [-0.25, -0.2) is 9.38 Å². The third kappa shape index (κ3) is 6.55. The third-order valence-corrected chi connectivity index (χ3v) is 3.79. The van der Waals surface area contributed by atoms with Gasteiger partial charge in [0.2, 0.25) is 0 Å². The first-order valence-electron chi connectivity index (χ1n) is 8.55. The van der Waals surface area contributed by atoms with Gasteiger partial charge in [0.25, 0.3) is 0 Å². The van der Waals surface area contributed by atoms with Gasteiger partial charge in [0.15, 0.2) is 5.96 Å². The van der Waals surface area contributed by atoms with Gasteiger partial charge in [-0.3, -0.25) is 0 Å². The number of nitrogens with one attached hydrogen (secondary N) is 2. The second kappa shape index (κ2) is 10.5. The van der Waals surface area contributed by atoms with Gasteiger partial charge >= 0.3 is 0 Å². The minimum Gasteiger partial charge on any atom is -0.380 e. The number of rotatable bonds is 8. The zero-order valence-electron chi connectivity index (χ0n) is 14.9. The van der Waals surface area contributed by atoms with Crippen molar-refractivity contribution in [3.05, 3.63) is 71.0 Å².